The van der Waals surface area contributed by atoms with Crippen molar-refractivity contribution in [2.75, 3.05) is 0 Å². The molecule has 0 unspecified atom stereocenters. The van der Waals surface area contributed by atoms with Crippen LogP contribution in [0.2, 0.25) is 0 Å². The third-order valence-electron chi connectivity index (χ3n) is 1.58. The van der Waals surface area contributed by atoms with E-state index in [2.05, 4.69) is 0 Å². The van der Waals surface area contributed by atoms with Crippen molar-refractivity contribution >= 4 is 5.91 Å². The van der Waals surface area contributed by atoms with Crippen molar-refractivity contribution < 1.29 is 4.79 Å². The van der Waals surface area contributed by atoms with Gasteiger partial charge in [0, 0.05) is 18.2 Å². The molecule has 3 nitrogen and oxygen atoms in total. The van der Waals surface area contributed by atoms with Gasteiger partial charge in [-0.2, -0.15) is 0 Å². The van der Waals surface area contributed by atoms with Gasteiger partial charge in [-0.25, -0.2) is 0 Å². The fourth-order valence-electron chi connectivity index (χ4n) is 1.07. The van der Waals surface area contributed by atoms with Gasteiger partial charge in [-0.3, -0.25) is 4.79 Å². The van der Waals surface area contributed by atoms with Gasteiger partial charge < -0.3 is 11.5 Å². The lowest BCUT2D eigenvalue weighted by Crippen LogP contribution is -2.11. The molecule has 68 valence electrons. The minimum atomic E-state index is -0.506. The molecule has 1 aromatic carbocycles. The standard InChI is InChI=1S/C10H12N2O/c11-9(7-10(12)13)6-8-4-2-1-3-5-8/h1-5,7H,6,11H2,(H2,12,13)/b9-7-. The first-order valence-corrected chi connectivity index (χ1v) is 3.98. The van der Waals surface area contributed by atoms with Gasteiger partial charge in [0.2, 0.25) is 5.91 Å². The first kappa shape index (κ1) is 9.32. The molecule has 0 radical (unpaired) electrons. The number of rotatable bonds is 3. The molecular formula is C10H12N2O. The topological polar surface area (TPSA) is 69.1 Å². The number of carbonyl (C=O) groups is 1. The minimum absolute atomic E-state index is 0.485. The fraction of sp³-hybridized carbons (Fsp3) is 0.100. The van der Waals surface area contributed by atoms with Gasteiger partial charge in [0.15, 0.2) is 0 Å². The highest BCUT2D eigenvalue weighted by molar-refractivity contribution is 5.86. The molecule has 1 aromatic rings. The van der Waals surface area contributed by atoms with Crippen LogP contribution >= 0.6 is 0 Å². The summed E-state index contributed by atoms with van der Waals surface area (Å²) in [5.41, 5.74) is 12.1. The predicted octanol–water partition coefficient (Wildman–Crippen LogP) is 0.557. The van der Waals surface area contributed by atoms with E-state index in [0.29, 0.717) is 12.1 Å². The van der Waals surface area contributed by atoms with Crippen LogP contribution in [0.25, 0.3) is 0 Å². The van der Waals surface area contributed by atoms with Gasteiger partial charge in [0.05, 0.1) is 0 Å². The highest BCUT2D eigenvalue weighted by atomic mass is 16.1. The van der Waals surface area contributed by atoms with Crippen LogP contribution in [0.4, 0.5) is 0 Å². The van der Waals surface area contributed by atoms with Crippen LogP contribution in [0.5, 0.6) is 0 Å². The molecule has 0 aliphatic heterocycles. The summed E-state index contributed by atoms with van der Waals surface area (Å²) in [5, 5.41) is 0. The SMILES string of the molecule is NC(=O)/C=C(\N)Cc1ccccc1. The quantitative estimate of drug-likeness (QED) is 0.660. The van der Waals surface area contributed by atoms with E-state index in [0.717, 1.165) is 5.56 Å². The van der Waals surface area contributed by atoms with E-state index in [1.807, 2.05) is 30.3 Å². The number of hydrogen-bond donors (Lipinski definition) is 2. The number of hydrogen-bond acceptors (Lipinski definition) is 2. The Labute approximate surface area is 77.0 Å². The maximum absolute atomic E-state index is 10.5. The first-order chi connectivity index (χ1) is 6.18. The smallest absolute Gasteiger partial charge is 0.243 e. The molecule has 1 rings (SSSR count). The second kappa shape index (κ2) is 4.30. The second-order valence-corrected chi connectivity index (χ2v) is 2.78. The number of amides is 1. The molecule has 0 atom stereocenters. The monoisotopic (exact) mass is 176 g/mol. The number of allylic oxidation sites excluding steroid dienone is 1. The number of primary amides is 1. The van der Waals surface area contributed by atoms with Crippen LogP contribution in [-0.2, 0) is 11.2 Å². The maximum Gasteiger partial charge on any atom is 0.243 e. The molecule has 0 heterocycles. The van der Waals surface area contributed by atoms with Crippen LogP contribution in [-0.4, -0.2) is 5.91 Å². The largest absolute Gasteiger partial charge is 0.402 e. The Bertz CT molecular complexity index is 317. The third-order valence-corrected chi connectivity index (χ3v) is 1.58. The van der Waals surface area contributed by atoms with Gasteiger partial charge >= 0.3 is 0 Å². The average Bonchev–Trinajstić information content (AvgIpc) is 2.04. The van der Waals surface area contributed by atoms with Crippen LogP contribution in [0.15, 0.2) is 42.1 Å². The van der Waals surface area contributed by atoms with Gasteiger partial charge in [-0.1, -0.05) is 30.3 Å². The average molecular weight is 176 g/mol. The Hall–Kier alpha value is -1.77. The van der Waals surface area contributed by atoms with Gasteiger partial charge in [0.1, 0.15) is 0 Å². The summed E-state index contributed by atoms with van der Waals surface area (Å²) in [6.07, 6.45) is 1.80. The van der Waals surface area contributed by atoms with Crippen molar-refractivity contribution in [1.29, 1.82) is 0 Å². The summed E-state index contributed by atoms with van der Waals surface area (Å²) in [5.74, 6) is -0.506. The normalized spacial score (nSPS) is 11.2. The summed E-state index contributed by atoms with van der Waals surface area (Å²) in [6.45, 7) is 0. The van der Waals surface area contributed by atoms with Crippen LogP contribution in [0, 0.1) is 0 Å². The zero-order valence-corrected chi connectivity index (χ0v) is 7.23. The third kappa shape index (κ3) is 3.42. The minimum Gasteiger partial charge on any atom is -0.402 e. The number of nitrogens with two attached hydrogens (primary N) is 2. The molecule has 0 bridgehead atoms. The summed E-state index contributed by atoms with van der Waals surface area (Å²) in [7, 11) is 0. The fourth-order valence-corrected chi connectivity index (χ4v) is 1.07. The van der Waals surface area contributed by atoms with Crippen molar-refractivity contribution in [1.82, 2.24) is 0 Å². The molecule has 0 aromatic heterocycles. The van der Waals surface area contributed by atoms with Gasteiger partial charge in [-0.15, -0.1) is 0 Å². The van der Waals surface area contributed by atoms with E-state index in [4.69, 9.17) is 11.5 Å². The predicted molar refractivity (Wildman–Crippen MR) is 51.6 cm³/mol. The summed E-state index contributed by atoms with van der Waals surface area (Å²) in [4.78, 5) is 10.5. The molecule has 0 aliphatic rings. The molecule has 0 fully saturated rings. The zero-order valence-electron chi connectivity index (χ0n) is 7.23. The van der Waals surface area contributed by atoms with E-state index in [9.17, 15) is 4.79 Å². The summed E-state index contributed by atoms with van der Waals surface area (Å²) >= 11 is 0. The van der Waals surface area contributed by atoms with E-state index in [1.165, 1.54) is 6.08 Å². The second-order valence-electron chi connectivity index (χ2n) is 2.78. The number of carbonyl (C=O) groups excluding carboxylic acids is 1. The molecule has 13 heavy (non-hydrogen) atoms. The molecule has 1 amide bonds. The molecule has 3 heteroatoms. The van der Waals surface area contributed by atoms with Crippen molar-refractivity contribution in [2.24, 2.45) is 11.5 Å². The van der Waals surface area contributed by atoms with E-state index in [-0.39, 0.29) is 0 Å². The van der Waals surface area contributed by atoms with Gasteiger partial charge in [0.25, 0.3) is 0 Å². The Morgan fingerprint density at radius 3 is 2.38 bits per heavy atom. The molecule has 0 aliphatic carbocycles. The molecular weight excluding hydrogens is 164 g/mol. The summed E-state index contributed by atoms with van der Waals surface area (Å²) < 4.78 is 0. The lowest BCUT2D eigenvalue weighted by atomic mass is 10.1. The molecule has 0 saturated carbocycles. The Morgan fingerprint density at radius 1 is 1.23 bits per heavy atom. The number of benzene rings is 1. The van der Waals surface area contributed by atoms with Crippen molar-refractivity contribution in [3.8, 4) is 0 Å². The van der Waals surface area contributed by atoms with E-state index < -0.39 is 5.91 Å². The Balaban J connectivity index is 2.65. The van der Waals surface area contributed by atoms with Crippen LogP contribution in [0.3, 0.4) is 0 Å². The van der Waals surface area contributed by atoms with Crippen molar-refractivity contribution in [3.63, 3.8) is 0 Å². The lowest BCUT2D eigenvalue weighted by molar-refractivity contribution is -0.113. The van der Waals surface area contributed by atoms with E-state index >= 15 is 0 Å². The highest BCUT2D eigenvalue weighted by Gasteiger charge is 1.95. The van der Waals surface area contributed by atoms with Crippen LogP contribution in [0.1, 0.15) is 5.56 Å². The van der Waals surface area contributed by atoms with Crippen molar-refractivity contribution in [3.05, 3.63) is 47.7 Å². The van der Waals surface area contributed by atoms with Crippen LogP contribution < -0.4 is 11.5 Å². The van der Waals surface area contributed by atoms with Gasteiger partial charge in [-0.05, 0) is 5.56 Å². The maximum atomic E-state index is 10.5. The molecule has 0 saturated heterocycles. The summed E-state index contributed by atoms with van der Waals surface area (Å²) in [6, 6.07) is 9.67. The zero-order chi connectivity index (χ0) is 9.68. The van der Waals surface area contributed by atoms with E-state index in [1.54, 1.807) is 0 Å². The Morgan fingerprint density at radius 2 is 1.85 bits per heavy atom. The Kier molecular flexibility index (Phi) is 3.09. The molecule has 0 spiro atoms. The highest BCUT2D eigenvalue weighted by Crippen LogP contribution is 2.02. The first-order valence-electron chi connectivity index (χ1n) is 3.98. The molecule has 4 N–H and O–H groups in total. The lowest BCUT2D eigenvalue weighted by Gasteiger charge is -1.99. The van der Waals surface area contributed by atoms with Crippen molar-refractivity contribution in [2.45, 2.75) is 6.42 Å².